The number of aliphatic hydroxyl groups excluding tert-OH is 1. The van der Waals surface area contributed by atoms with E-state index in [1.165, 1.54) is 13.8 Å². The van der Waals surface area contributed by atoms with Crippen LogP contribution in [0.1, 0.15) is 41.5 Å². The summed E-state index contributed by atoms with van der Waals surface area (Å²) in [6.07, 6.45) is -6.36. The van der Waals surface area contributed by atoms with Crippen molar-refractivity contribution < 1.29 is 143 Å². The largest absolute Gasteiger partial charge is 0.508 e. The molecule has 116 heavy (non-hydrogen) atoms. The molecule has 0 aromatic heterocycles. The molecule has 0 radical (unpaired) electrons. The predicted octanol–water partition coefficient (Wildman–Crippen LogP) is 7.01. The molecule has 0 fully saturated rings. The molecule has 5 aromatic carbocycles. The van der Waals surface area contributed by atoms with Crippen molar-refractivity contribution >= 4 is 119 Å². The fraction of sp³-hybridized carbons (Fsp3) is 0.408. The van der Waals surface area contributed by atoms with Gasteiger partial charge in [0, 0.05) is 35.4 Å². The summed E-state index contributed by atoms with van der Waals surface area (Å²) in [5.74, 6) is -6.65. The average Bonchev–Trinajstić information content (AvgIpc) is 0.844. The molecule has 5 atom stereocenters. The minimum Gasteiger partial charge on any atom is -0.465 e. The van der Waals surface area contributed by atoms with Crippen molar-refractivity contribution in [2.24, 2.45) is 27.1 Å². The van der Waals surface area contributed by atoms with E-state index in [2.05, 4.69) is 53.2 Å². The number of hydrogen-bond donors (Lipinski definition) is 11. The first kappa shape index (κ1) is 92.9. The predicted molar refractivity (Wildman–Crippen MR) is 406 cm³/mol. The fourth-order valence-electron chi connectivity index (χ4n) is 8.88. The number of benzene rings is 5. The second kappa shape index (κ2) is 48.3. The van der Waals surface area contributed by atoms with E-state index in [4.69, 9.17) is 66.3 Å². The van der Waals surface area contributed by atoms with Gasteiger partial charge in [0.1, 0.15) is 120 Å². The van der Waals surface area contributed by atoms with Crippen molar-refractivity contribution in [2.45, 2.75) is 41.5 Å². The van der Waals surface area contributed by atoms with Crippen molar-refractivity contribution in [3.05, 3.63) is 152 Å². The minimum atomic E-state index is -2.26. The number of nitrogens with one attached hydrogen (secondary N) is 10. The monoisotopic (exact) mass is 1630 g/mol. The second-order valence-corrected chi connectivity index (χ2v) is 26.5. The minimum absolute atomic E-state index is 0.169. The lowest BCUT2D eigenvalue weighted by molar-refractivity contribution is -0.166. The van der Waals surface area contributed by atoms with Crippen molar-refractivity contribution in [3.8, 4) is 0 Å². The van der Waals surface area contributed by atoms with Gasteiger partial charge >= 0.3 is 90.6 Å². The highest BCUT2D eigenvalue weighted by Crippen LogP contribution is 2.28. The molecule has 11 N–H and O–H groups in total. The molecule has 0 saturated heterocycles. The highest BCUT2D eigenvalue weighted by Gasteiger charge is 2.45. The van der Waals surface area contributed by atoms with Crippen LogP contribution in [-0.4, -0.2) is 228 Å². The normalized spacial score (nSPS) is 13.1. The fourth-order valence-corrected chi connectivity index (χ4v) is 8.88. The Morgan fingerprint density at radius 1 is 0.250 bits per heavy atom. The number of carbonyl (C=O) groups excluding carboxylic acids is 15. The second-order valence-electron chi connectivity index (χ2n) is 26.5. The van der Waals surface area contributed by atoms with Crippen LogP contribution in [0.15, 0.2) is 152 Å². The zero-order valence-electron chi connectivity index (χ0n) is 64.4. The highest BCUT2D eigenvalue weighted by atomic mass is 16.8. The molecule has 10 amide bonds. The Balaban J connectivity index is 1.28. The number of carbonyl (C=O) groups is 15. The molecular weight excluding hydrogens is 1530 g/mol. The lowest BCUT2D eigenvalue weighted by atomic mass is 9.93. The van der Waals surface area contributed by atoms with Gasteiger partial charge < -0.3 is 125 Å². The van der Waals surface area contributed by atoms with Crippen LogP contribution in [-0.2, 0) is 95.1 Å². The topological polar surface area (TPSA) is 526 Å². The van der Waals surface area contributed by atoms with E-state index < -0.39 is 210 Å². The van der Waals surface area contributed by atoms with E-state index in [1.54, 1.807) is 152 Å². The van der Waals surface area contributed by atoms with E-state index >= 15 is 0 Å². The Bertz CT molecular complexity index is 4070. The Morgan fingerprint density at radius 2 is 0.414 bits per heavy atom. The van der Waals surface area contributed by atoms with Gasteiger partial charge in [-0.3, -0.25) is 28.8 Å². The summed E-state index contributed by atoms with van der Waals surface area (Å²) in [7, 11) is 0. The number of hydrogen-bond acceptors (Lipinski definition) is 30. The molecule has 628 valence electrons. The number of rotatable bonds is 44. The Morgan fingerprint density at radius 3 is 0.586 bits per heavy atom. The van der Waals surface area contributed by atoms with E-state index in [1.807, 2.05) is 0 Å². The zero-order chi connectivity index (χ0) is 84.8. The molecule has 5 aromatic rings. The van der Waals surface area contributed by atoms with Gasteiger partial charge in [0.25, 0.3) is 0 Å². The summed E-state index contributed by atoms with van der Waals surface area (Å²) in [4.78, 5) is 197. The Kier molecular flexibility index (Phi) is 38.7. The summed E-state index contributed by atoms with van der Waals surface area (Å²) in [6, 6.07) is 38.2. The van der Waals surface area contributed by atoms with Gasteiger partial charge in [0.05, 0.1) is 39.3 Å². The van der Waals surface area contributed by atoms with E-state index in [0.29, 0.717) is 28.4 Å². The first-order chi connectivity index (χ1) is 55.3. The Labute approximate surface area is 665 Å². The molecule has 0 bridgehead atoms. The third-order valence-electron chi connectivity index (χ3n) is 15.7. The van der Waals surface area contributed by atoms with Crippen LogP contribution >= 0.6 is 0 Å². The molecule has 5 unspecified atom stereocenters. The van der Waals surface area contributed by atoms with Gasteiger partial charge in [-0.05, 0) is 95.3 Å². The Hall–Kier alpha value is -13.7. The number of amides is 10. The summed E-state index contributed by atoms with van der Waals surface area (Å²) in [5, 5.41) is 35.5. The lowest BCUT2D eigenvalue weighted by Crippen LogP contribution is -2.44. The number of anilines is 5. The first-order valence-corrected chi connectivity index (χ1v) is 35.6. The molecule has 40 nitrogen and oxygen atoms in total. The maximum atomic E-state index is 14.1. The van der Waals surface area contributed by atoms with Crippen LogP contribution in [0, 0.1) is 27.1 Å². The maximum Gasteiger partial charge on any atom is 0.508 e. The molecule has 0 aliphatic carbocycles. The smallest absolute Gasteiger partial charge is 0.465 e. The average molecular weight is 1630 g/mol. The standard InChI is InChI=1S/C76H94N10O30/c1-52(88)108-44-73(3,59(90)104-38-33-78-64(95)83-54-24-14-8-15-25-54)45-110-69(100)112-48-75(5,61(92)106-40-35-80-66(97)85-56-28-18-10-19-29-56)49-114-71(102)116-51-76(6,62(93)107-41-36-81-67(98)86-57-30-20-11-21-31-57)50-115-70(101)113-47-74(4,60(91)105-39-34-79-65(96)84-55-26-16-9-17-27-55)46-111-68(99)109-43-72(2,42-87)58(89)103-37-32-77-63(94)82-53-22-12-7-13-23-53/h7-31,87H,32-51H2,1-6H3,(H2,77,82,94)(H2,78,83,95)(H2,79,84,96)(H2,80,85,97)(H2,81,86,98). The quantitative estimate of drug-likeness (QED) is 0.0106. The van der Waals surface area contributed by atoms with Crippen LogP contribution in [0.5, 0.6) is 0 Å². The van der Waals surface area contributed by atoms with Crippen molar-refractivity contribution in [2.75, 3.05) is 158 Å². The van der Waals surface area contributed by atoms with Gasteiger partial charge in [-0.1, -0.05) is 91.0 Å². The number of esters is 6. The van der Waals surface area contributed by atoms with Crippen molar-refractivity contribution in [1.29, 1.82) is 0 Å². The summed E-state index contributed by atoms with van der Waals surface area (Å²) in [5.41, 5.74) is -8.23. The van der Waals surface area contributed by atoms with Crippen LogP contribution in [0.4, 0.5) is 71.6 Å². The van der Waals surface area contributed by atoms with Gasteiger partial charge in [-0.2, -0.15) is 0 Å². The third kappa shape index (κ3) is 34.9. The van der Waals surface area contributed by atoms with Crippen LogP contribution < -0.4 is 53.2 Å². The molecule has 40 heteroatoms. The zero-order valence-corrected chi connectivity index (χ0v) is 64.4. The van der Waals surface area contributed by atoms with Crippen LogP contribution in [0.2, 0.25) is 0 Å². The number of urea groups is 5. The van der Waals surface area contributed by atoms with Crippen molar-refractivity contribution in [3.63, 3.8) is 0 Å². The molecule has 0 saturated carbocycles. The molecular formula is C76H94N10O30. The number of ether oxygens (including phenoxy) is 14. The molecule has 0 spiro atoms. The van der Waals surface area contributed by atoms with Crippen LogP contribution in [0.25, 0.3) is 0 Å². The molecule has 0 aliphatic heterocycles. The van der Waals surface area contributed by atoms with Gasteiger partial charge in [-0.25, -0.2) is 43.2 Å². The number of para-hydroxylation sites is 5. The maximum absolute atomic E-state index is 14.1. The van der Waals surface area contributed by atoms with Gasteiger partial charge in [0.2, 0.25) is 0 Å². The molecule has 5 rings (SSSR count). The lowest BCUT2D eigenvalue weighted by Gasteiger charge is -2.29. The van der Waals surface area contributed by atoms with Crippen molar-refractivity contribution in [1.82, 2.24) is 26.6 Å². The van der Waals surface area contributed by atoms with Gasteiger partial charge in [-0.15, -0.1) is 0 Å². The van der Waals surface area contributed by atoms with E-state index in [0.717, 1.165) is 27.7 Å². The van der Waals surface area contributed by atoms with E-state index in [-0.39, 0.29) is 39.3 Å². The molecule has 0 aliphatic rings. The van der Waals surface area contributed by atoms with Crippen LogP contribution in [0.3, 0.4) is 0 Å². The summed E-state index contributed by atoms with van der Waals surface area (Å²) >= 11 is 0. The van der Waals surface area contributed by atoms with E-state index in [9.17, 15) is 77.0 Å². The third-order valence-corrected chi connectivity index (χ3v) is 15.7. The highest BCUT2D eigenvalue weighted by molar-refractivity contribution is 5.92. The first-order valence-electron chi connectivity index (χ1n) is 35.6. The number of aliphatic hydroxyl groups is 1. The SMILES string of the molecule is CC(=O)OCC(C)(COC(=O)OCC(C)(COC(=O)OCC(C)(COC(=O)OCC(C)(COC(=O)OCC(C)(CO)C(=O)OCCNC(=O)Nc1ccccc1)C(=O)OCCNC(=O)Nc1ccccc1)C(=O)OCCNC(=O)Nc1ccccc1)C(=O)OCCNC(=O)Nc1ccccc1)C(=O)OCCNC(=O)Nc1ccccc1. The van der Waals surface area contributed by atoms with Gasteiger partial charge in [0.15, 0.2) is 0 Å². The molecule has 0 heterocycles. The summed E-state index contributed by atoms with van der Waals surface area (Å²) < 4.78 is 74.0. The summed E-state index contributed by atoms with van der Waals surface area (Å²) in [6.45, 7) is -6.63.